The van der Waals surface area contributed by atoms with Crippen LogP contribution in [0.25, 0.3) is 0 Å². The number of urea groups is 1. The molecule has 0 bridgehead atoms. The quantitative estimate of drug-likeness (QED) is 0.781. The zero-order valence-corrected chi connectivity index (χ0v) is 10.2. The Kier molecular flexibility index (Phi) is 3.26. The van der Waals surface area contributed by atoms with Crippen molar-refractivity contribution in [1.82, 2.24) is 10.2 Å². The summed E-state index contributed by atoms with van der Waals surface area (Å²) in [4.78, 5) is 24.7. The molecular formula is C12H20N2O3. The van der Waals surface area contributed by atoms with Gasteiger partial charge in [0.15, 0.2) is 0 Å². The number of carboxylic acid groups (broad SMARTS) is 1. The normalized spacial score (nSPS) is 33.6. The third kappa shape index (κ3) is 2.37. The molecule has 96 valence electrons. The SMILES string of the molecule is CC1CCC(CN2CCNC2=O)(C(=O)O)CC1. The van der Waals surface area contributed by atoms with Crippen LogP contribution in [0.2, 0.25) is 0 Å². The van der Waals surface area contributed by atoms with Gasteiger partial charge in [0.25, 0.3) is 0 Å². The van der Waals surface area contributed by atoms with E-state index in [4.69, 9.17) is 0 Å². The summed E-state index contributed by atoms with van der Waals surface area (Å²) in [5, 5.41) is 12.2. The van der Waals surface area contributed by atoms with E-state index in [1.165, 1.54) is 0 Å². The highest BCUT2D eigenvalue weighted by Crippen LogP contribution is 2.40. The van der Waals surface area contributed by atoms with Crippen LogP contribution >= 0.6 is 0 Å². The van der Waals surface area contributed by atoms with Crippen molar-refractivity contribution in [2.24, 2.45) is 11.3 Å². The summed E-state index contributed by atoms with van der Waals surface area (Å²) in [5.41, 5.74) is -0.714. The van der Waals surface area contributed by atoms with Crippen LogP contribution in [0, 0.1) is 11.3 Å². The Morgan fingerprint density at radius 3 is 2.65 bits per heavy atom. The van der Waals surface area contributed by atoms with Gasteiger partial charge in [-0.2, -0.15) is 0 Å². The molecule has 2 rings (SSSR count). The smallest absolute Gasteiger partial charge is 0.317 e. The van der Waals surface area contributed by atoms with Crippen molar-refractivity contribution in [1.29, 1.82) is 0 Å². The zero-order chi connectivity index (χ0) is 12.5. The Labute approximate surface area is 101 Å². The van der Waals surface area contributed by atoms with Crippen LogP contribution in [0.3, 0.4) is 0 Å². The molecule has 0 spiro atoms. The summed E-state index contributed by atoms with van der Waals surface area (Å²) in [6, 6.07) is -0.121. The van der Waals surface area contributed by atoms with Crippen LogP contribution in [0.5, 0.6) is 0 Å². The van der Waals surface area contributed by atoms with Gasteiger partial charge in [-0.3, -0.25) is 4.79 Å². The van der Waals surface area contributed by atoms with E-state index in [-0.39, 0.29) is 6.03 Å². The molecule has 0 unspecified atom stereocenters. The second kappa shape index (κ2) is 4.55. The van der Waals surface area contributed by atoms with E-state index < -0.39 is 11.4 Å². The summed E-state index contributed by atoms with van der Waals surface area (Å²) >= 11 is 0. The van der Waals surface area contributed by atoms with Gasteiger partial charge >= 0.3 is 12.0 Å². The van der Waals surface area contributed by atoms with Crippen LogP contribution < -0.4 is 5.32 Å². The first kappa shape index (κ1) is 12.2. The van der Waals surface area contributed by atoms with Gasteiger partial charge < -0.3 is 15.3 Å². The Morgan fingerprint density at radius 2 is 2.18 bits per heavy atom. The Bertz CT molecular complexity index is 322. The first-order chi connectivity index (χ1) is 8.03. The number of carbonyl (C=O) groups is 2. The van der Waals surface area contributed by atoms with Gasteiger partial charge in [0.2, 0.25) is 0 Å². The number of nitrogens with zero attached hydrogens (tertiary/aromatic N) is 1. The lowest BCUT2D eigenvalue weighted by Gasteiger charge is -2.38. The standard InChI is InChI=1S/C12H20N2O3/c1-9-2-4-12(5-3-9,10(15)16)8-14-7-6-13-11(14)17/h9H,2-8H2,1H3,(H,13,17)(H,15,16). The lowest BCUT2D eigenvalue weighted by Crippen LogP contribution is -2.46. The molecule has 2 fully saturated rings. The van der Waals surface area contributed by atoms with E-state index in [1.807, 2.05) is 0 Å². The first-order valence-electron chi connectivity index (χ1n) is 6.30. The number of aliphatic carboxylic acids is 1. The molecule has 2 aliphatic rings. The van der Waals surface area contributed by atoms with Gasteiger partial charge in [-0.1, -0.05) is 6.92 Å². The fourth-order valence-corrected chi connectivity index (χ4v) is 2.78. The molecule has 17 heavy (non-hydrogen) atoms. The maximum atomic E-state index is 11.5. The van der Waals surface area contributed by atoms with Crippen LogP contribution in [-0.2, 0) is 4.79 Å². The summed E-state index contributed by atoms with van der Waals surface area (Å²) < 4.78 is 0. The number of hydrogen-bond donors (Lipinski definition) is 2. The van der Waals surface area contributed by atoms with Gasteiger partial charge in [0.1, 0.15) is 0 Å². The molecule has 0 aromatic rings. The number of carboxylic acids is 1. The van der Waals surface area contributed by atoms with E-state index in [1.54, 1.807) is 4.90 Å². The molecule has 5 heteroatoms. The highest BCUT2D eigenvalue weighted by Gasteiger charge is 2.43. The lowest BCUT2D eigenvalue weighted by atomic mass is 9.70. The Morgan fingerprint density at radius 1 is 1.53 bits per heavy atom. The van der Waals surface area contributed by atoms with Crippen molar-refractivity contribution in [3.63, 3.8) is 0 Å². The minimum absolute atomic E-state index is 0.121. The molecule has 0 aromatic carbocycles. The van der Waals surface area contributed by atoms with Crippen molar-refractivity contribution in [2.75, 3.05) is 19.6 Å². The average molecular weight is 240 g/mol. The van der Waals surface area contributed by atoms with Crippen molar-refractivity contribution >= 4 is 12.0 Å². The van der Waals surface area contributed by atoms with Gasteiger partial charge in [-0.25, -0.2) is 4.79 Å². The third-order valence-electron chi connectivity index (χ3n) is 4.12. The van der Waals surface area contributed by atoms with Crippen LogP contribution in [-0.4, -0.2) is 41.6 Å². The number of rotatable bonds is 3. The van der Waals surface area contributed by atoms with Crippen LogP contribution in [0.4, 0.5) is 4.79 Å². The van der Waals surface area contributed by atoms with Gasteiger partial charge in [-0.05, 0) is 31.6 Å². The molecule has 0 atom stereocenters. The van der Waals surface area contributed by atoms with Gasteiger partial charge in [-0.15, -0.1) is 0 Å². The topological polar surface area (TPSA) is 69.6 Å². The summed E-state index contributed by atoms with van der Waals surface area (Å²) in [7, 11) is 0. The van der Waals surface area contributed by atoms with Crippen molar-refractivity contribution in [3.05, 3.63) is 0 Å². The maximum absolute atomic E-state index is 11.5. The highest BCUT2D eigenvalue weighted by atomic mass is 16.4. The molecule has 1 saturated heterocycles. The predicted octanol–water partition coefficient (Wildman–Crippen LogP) is 1.29. The Balaban J connectivity index is 2.07. The third-order valence-corrected chi connectivity index (χ3v) is 4.12. The fourth-order valence-electron chi connectivity index (χ4n) is 2.78. The van der Waals surface area contributed by atoms with Crippen molar-refractivity contribution in [3.8, 4) is 0 Å². The van der Waals surface area contributed by atoms with Gasteiger partial charge in [0, 0.05) is 19.6 Å². The number of amides is 2. The van der Waals surface area contributed by atoms with Crippen LogP contribution in [0.15, 0.2) is 0 Å². The molecule has 0 aromatic heterocycles. The van der Waals surface area contributed by atoms with E-state index in [9.17, 15) is 14.7 Å². The lowest BCUT2D eigenvalue weighted by molar-refractivity contribution is -0.152. The molecule has 2 N–H and O–H groups in total. The highest BCUT2D eigenvalue weighted by molar-refractivity contribution is 5.79. The predicted molar refractivity (Wildman–Crippen MR) is 62.7 cm³/mol. The van der Waals surface area contributed by atoms with E-state index in [0.717, 1.165) is 12.8 Å². The van der Waals surface area contributed by atoms with Crippen molar-refractivity contribution in [2.45, 2.75) is 32.6 Å². The second-order valence-electron chi connectivity index (χ2n) is 5.42. The molecule has 5 nitrogen and oxygen atoms in total. The number of nitrogens with one attached hydrogen (secondary N) is 1. The second-order valence-corrected chi connectivity index (χ2v) is 5.42. The summed E-state index contributed by atoms with van der Waals surface area (Å²) in [5.74, 6) is -0.140. The molecule has 1 saturated carbocycles. The molecule has 0 radical (unpaired) electrons. The monoisotopic (exact) mass is 240 g/mol. The maximum Gasteiger partial charge on any atom is 0.317 e. The summed E-state index contributed by atoms with van der Waals surface area (Å²) in [6.07, 6.45) is 3.27. The largest absolute Gasteiger partial charge is 0.481 e. The van der Waals surface area contributed by atoms with Crippen molar-refractivity contribution < 1.29 is 14.7 Å². The Hall–Kier alpha value is -1.26. The van der Waals surface area contributed by atoms with E-state index >= 15 is 0 Å². The fraction of sp³-hybridized carbons (Fsp3) is 0.833. The van der Waals surface area contributed by atoms with E-state index in [2.05, 4.69) is 12.2 Å². The van der Waals surface area contributed by atoms with Gasteiger partial charge in [0.05, 0.1) is 5.41 Å². The summed E-state index contributed by atoms with van der Waals surface area (Å²) in [6.45, 7) is 3.78. The average Bonchev–Trinajstić information content (AvgIpc) is 2.68. The molecular weight excluding hydrogens is 220 g/mol. The molecule has 1 aliphatic carbocycles. The first-order valence-corrected chi connectivity index (χ1v) is 6.30. The van der Waals surface area contributed by atoms with E-state index in [0.29, 0.717) is 38.4 Å². The molecule has 1 heterocycles. The molecule has 2 amide bonds. The minimum atomic E-state index is -0.746. The number of carbonyl (C=O) groups excluding carboxylic acids is 1. The minimum Gasteiger partial charge on any atom is -0.481 e. The number of hydrogen-bond acceptors (Lipinski definition) is 2. The van der Waals surface area contributed by atoms with Crippen LogP contribution in [0.1, 0.15) is 32.6 Å². The molecule has 1 aliphatic heterocycles. The zero-order valence-electron chi connectivity index (χ0n) is 10.2.